The quantitative estimate of drug-likeness (QED) is 0.185. The zero-order valence-electron chi connectivity index (χ0n) is 23.1. The topological polar surface area (TPSA) is 135 Å². The Bertz CT molecular complexity index is 2000. The number of carbonyl (C=O) groups is 1. The van der Waals surface area contributed by atoms with Gasteiger partial charge in [0.05, 0.1) is 33.4 Å². The summed E-state index contributed by atoms with van der Waals surface area (Å²) in [7, 11) is 0. The molecule has 2 aromatic carbocycles. The molecular formula is C30H25N3O8S. The van der Waals surface area contributed by atoms with Gasteiger partial charge in [-0.25, -0.2) is 9.79 Å². The van der Waals surface area contributed by atoms with Crippen LogP contribution in [0.15, 0.2) is 67.9 Å². The second-order valence-corrected chi connectivity index (χ2v) is 10.8. The number of ether oxygens (including phenoxy) is 3. The molecule has 1 unspecified atom stereocenters. The van der Waals surface area contributed by atoms with Crippen LogP contribution in [-0.4, -0.2) is 28.9 Å². The van der Waals surface area contributed by atoms with Crippen LogP contribution >= 0.6 is 11.3 Å². The Hall–Kier alpha value is -4.97. The minimum absolute atomic E-state index is 0.00699. The lowest BCUT2D eigenvalue weighted by atomic mass is 9.95. The molecule has 0 aliphatic carbocycles. The van der Waals surface area contributed by atoms with Crippen LogP contribution in [0.1, 0.15) is 42.3 Å². The van der Waals surface area contributed by atoms with E-state index in [2.05, 4.69) is 4.99 Å². The molecule has 0 radical (unpaired) electrons. The predicted molar refractivity (Wildman–Crippen MR) is 153 cm³/mol. The van der Waals surface area contributed by atoms with Crippen LogP contribution in [0.3, 0.4) is 0 Å². The molecular weight excluding hydrogens is 562 g/mol. The van der Waals surface area contributed by atoms with Gasteiger partial charge in [-0.05, 0) is 69.2 Å². The zero-order valence-corrected chi connectivity index (χ0v) is 23.9. The molecule has 1 atom stereocenters. The number of thiazole rings is 1. The first-order valence-electron chi connectivity index (χ1n) is 13.1. The van der Waals surface area contributed by atoms with Crippen molar-refractivity contribution in [3.63, 3.8) is 0 Å². The van der Waals surface area contributed by atoms with E-state index in [-0.39, 0.29) is 30.2 Å². The van der Waals surface area contributed by atoms with Crippen LogP contribution < -0.4 is 24.4 Å². The second kappa shape index (κ2) is 10.5. The first-order chi connectivity index (χ1) is 20.2. The minimum Gasteiger partial charge on any atom is -0.463 e. The monoisotopic (exact) mass is 587 g/mol. The lowest BCUT2D eigenvalue weighted by Crippen LogP contribution is -2.39. The number of allylic oxidation sites excluding steroid dienone is 1. The summed E-state index contributed by atoms with van der Waals surface area (Å²) in [6, 6.07) is 11.2. The highest BCUT2D eigenvalue weighted by atomic mass is 32.1. The fraction of sp³-hybridized carbons (Fsp3) is 0.233. The van der Waals surface area contributed by atoms with E-state index in [0.717, 1.165) is 16.9 Å². The molecule has 2 aliphatic rings. The first kappa shape index (κ1) is 27.2. The molecule has 0 N–H and O–H groups in total. The molecule has 11 nitrogen and oxygen atoms in total. The summed E-state index contributed by atoms with van der Waals surface area (Å²) in [5, 5.41) is 11.5. The average Bonchev–Trinajstić information content (AvgIpc) is 3.68. The molecule has 6 rings (SSSR count). The molecule has 0 bridgehead atoms. The maximum absolute atomic E-state index is 13.9. The van der Waals surface area contributed by atoms with Gasteiger partial charge in [0.2, 0.25) is 6.79 Å². The lowest BCUT2D eigenvalue weighted by Gasteiger charge is -2.24. The third-order valence-electron chi connectivity index (χ3n) is 7.25. The van der Waals surface area contributed by atoms with Crippen LogP contribution in [0.4, 0.5) is 5.69 Å². The number of furan rings is 1. The summed E-state index contributed by atoms with van der Waals surface area (Å²) in [5.41, 5.74) is 2.90. The van der Waals surface area contributed by atoms with Crippen molar-refractivity contribution < 1.29 is 28.3 Å². The van der Waals surface area contributed by atoms with E-state index in [1.165, 1.54) is 10.6 Å². The molecule has 0 saturated carbocycles. The van der Waals surface area contributed by atoms with Crippen molar-refractivity contribution in [2.75, 3.05) is 13.4 Å². The van der Waals surface area contributed by atoms with Gasteiger partial charge in [0.15, 0.2) is 16.3 Å². The third-order valence-corrected chi connectivity index (χ3v) is 8.23. The Labute approximate surface area is 242 Å². The highest BCUT2D eigenvalue weighted by molar-refractivity contribution is 7.07. The van der Waals surface area contributed by atoms with E-state index in [4.69, 9.17) is 18.6 Å². The zero-order chi connectivity index (χ0) is 29.7. The molecule has 0 amide bonds. The molecule has 0 spiro atoms. The summed E-state index contributed by atoms with van der Waals surface area (Å²) < 4.78 is 24.2. The number of carbonyl (C=O) groups excluding carboxylic acids is 1. The highest BCUT2D eigenvalue weighted by Crippen LogP contribution is 2.38. The Morgan fingerprint density at radius 3 is 2.71 bits per heavy atom. The van der Waals surface area contributed by atoms with Gasteiger partial charge in [0.1, 0.15) is 11.5 Å². The number of nitro benzene ring substituents is 1. The van der Waals surface area contributed by atoms with E-state index < -0.39 is 16.9 Å². The molecule has 0 fully saturated rings. The summed E-state index contributed by atoms with van der Waals surface area (Å²) in [4.78, 5) is 43.1. The van der Waals surface area contributed by atoms with E-state index >= 15 is 0 Å². The van der Waals surface area contributed by atoms with Gasteiger partial charge in [-0.15, -0.1) is 0 Å². The second-order valence-electron chi connectivity index (χ2n) is 9.81. The van der Waals surface area contributed by atoms with Gasteiger partial charge >= 0.3 is 5.97 Å². The van der Waals surface area contributed by atoms with Crippen LogP contribution in [0.2, 0.25) is 0 Å². The minimum atomic E-state index is -0.805. The largest absolute Gasteiger partial charge is 0.463 e. The van der Waals surface area contributed by atoms with E-state index in [0.29, 0.717) is 54.7 Å². The maximum atomic E-state index is 13.9. The molecule has 4 aromatic rings. The van der Waals surface area contributed by atoms with Crippen molar-refractivity contribution in [3.8, 4) is 22.8 Å². The summed E-state index contributed by atoms with van der Waals surface area (Å²) in [6.45, 7) is 7.19. The molecule has 2 aromatic heterocycles. The van der Waals surface area contributed by atoms with E-state index in [1.54, 1.807) is 64.1 Å². The highest BCUT2D eigenvalue weighted by Gasteiger charge is 2.34. The van der Waals surface area contributed by atoms with Crippen LogP contribution in [0.5, 0.6) is 11.5 Å². The number of nitro groups is 1. The molecule has 214 valence electrons. The molecule has 0 saturated heterocycles. The molecule has 2 aliphatic heterocycles. The van der Waals surface area contributed by atoms with Crippen molar-refractivity contribution in [1.29, 1.82) is 0 Å². The van der Waals surface area contributed by atoms with Gasteiger partial charge in [0, 0.05) is 23.3 Å². The number of hydrogen-bond acceptors (Lipinski definition) is 10. The Kier molecular flexibility index (Phi) is 6.77. The number of hydrogen-bond donors (Lipinski definition) is 0. The molecule has 4 heterocycles. The number of aromatic nitrogens is 1. The van der Waals surface area contributed by atoms with Crippen LogP contribution in [0.25, 0.3) is 17.4 Å². The number of aryl methyl sites for hydroxylation is 1. The summed E-state index contributed by atoms with van der Waals surface area (Å²) in [5.74, 6) is 1.35. The van der Waals surface area contributed by atoms with Crippen molar-refractivity contribution in [1.82, 2.24) is 4.57 Å². The number of benzene rings is 2. The smallest absolute Gasteiger partial charge is 0.338 e. The first-order valence-corrected chi connectivity index (χ1v) is 13.9. The van der Waals surface area contributed by atoms with Gasteiger partial charge in [-0.3, -0.25) is 19.5 Å². The van der Waals surface area contributed by atoms with E-state index in [1.807, 2.05) is 6.07 Å². The van der Waals surface area contributed by atoms with Gasteiger partial charge < -0.3 is 18.6 Å². The predicted octanol–water partition coefficient (Wildman–Crippen LogP) is 4.31. The Morgan fingerprint density at radius 1 is 1.17 bits per heavy atom. The number of nitrogens with zero attached hydrogens (tertiary/aromatic N) is 3. The van der Waals surface area contributed by atoms with Gasteiger partial charge in [-0.2, -0.15) is 0 Å². The van der Waals surface area contributed by atoms with Crippen molar-refractivity contribution in [3.05, 3.63) is 106 Å². The lowest BCUT2D eigenvalue weighted by molar-refractivity contribution is -0.385. The standard InChI is InChI=1S/C30H25N3O8S/c1-5-38-29(35)26-17(4)31-30-32(27(26)18-6-8-23-24(12-18)40-14-39-23)28(34)25(42-30)13-20-7-9-22(41-20)19-10-15(2)16(3)21(11-19)33(36)37/h6-13,27H,5,14H2,1-4H3. The summed E-state index contributed by atoms with van der Waals surface area (Å²) in [6.07, 6.45) is 1.60. The van der Waals surface area contributed by atoms with Crippen molar-refractivity contribution in [2.24, 2.45) is 4.99 Å². The van der Waals surface area contributed by atoms with E-state index in [9.17, 15) is 19.7 Å². The number of rotatable bonds is 6. The molecule has 42 heavy (non-hydrogen) atoms. The average molecular weight is 588 g/mol. The van der Waals surface area contributed by atoms with Gasteiger partial charge in [-0.1, -0.05) is 17.4 Å². The SMILES string of the molecule is CCOC(=O)C1=C(C)N=c2sc(=Cc3ccc(-c4cc(C)c(C)c([N+](=O)[O-])c4)o3)c(=O)n2C1c1ccc2c(c1)OCO2. The van der Waals surface area contributed by atoms with Gasteiger partial charge in [0.25, 0.3) is 11.2 Å². The fourth-order valence-corrected chi connectivity index (χ4v) is 6.10. The van der Waals surface area contributed by atoms with Crippen LogP contribution in [-0.2, 0) is 9.53 Å². The molecule has 12 heteroatoms. The maximum Gasteiger partial charge on any atom is 0.338 e. The third kappa shape index (κ3) is 4.59. The fourth-order valence-electron chi connectivity index (χ4n) is 5.08. The van der Waals surface area contributed by atoms with Crippen molar-refractivity contribution >= 4 is 29.1 Å². The summed E-state index contributed by atoms with van der Waals surface area (Å²) >= 11 is 1.16. The Morgan fingerprint density at radius 2 is 1.95 bits per heavy atom. The number of fused-ring (bicyclic) bond motifs is 2. The Balaban J connectivity index is 1.46. The van der Waals surface area contributed by atoms with Crippen molar-refractivity contribution in [2.45, 2.75) is 33.7 Å². The normalized spacial score (nSPS) is 15.9. The van der Waals surface area contributed by atoms with Crippen LogP contribution in [0, 0.1) is 24.0 Å². The number of esters is 1.